The van der Waals surface area contributed by atoms with Gasteiger partial charge in [0.05, 0.1) is 37.3 Å². The number of rotatable bonds is 7. The van der Waals surface area contributed by atoms with E-state index >= 15 is 0 Å². The van der Waals surface area contributed by atoms with E-state index in [4.69, 9.17) is 9.47 Å². The number of nitrogens with zero attached hydrogens (tertiary/aromatic N) is 2. The average molecular weight is 283 g/mol. The zero-order chi connectivity index (χ0) is 15.3. The molecule has 0 fully saturated rings. The second kappa shape index (κ2) is 7.09. The van der Waals surface area contributed by atoms with Crippen LogP contribution in [-0.2, 0) is 4.74 Å². The Hall–Kier alpha value is -1.07. The molecule has 0 aliphatic rings. The molecule has 1 aromatic rings. The first-order valence-electron chi connectivity index (χ1n) is 7.28. The Bertz CT molecular complexity index is 408. The minimum absolute atomic E-state index is 0.0686. The van der Waals surface area contributed by atoms with Gasteiger partial charge in [-0.1, -0.05) is 6.92 Å². The van der Waals surface area contributed by atoms with Crippen LogP contribution in [0.4, 0.5) is 0 Å². The summed E-state index contributed by atoms with van der Waals surface area (Å²) in [6, 6.07) is 0.351. The van der Waals surface area contributed by atoms with E-state index in [0.717, 1.165) is 18.0 Å². The third kappa shape index (κ3) is 4.49. The van der Waals surface area contributed by atoms with E-state index in [1.165, 1.54) is 0 Å². The van der Waals surface area contributed by atoms with Gasteiger partial charge in [-0.2, -0.15) is 5.10 Å². The summed E-state index contributed by atoms with van der Waals surface area (Å²) >= 11 is 0. The lowest BCUT2D eigenvalue weighted by Crippen LogP contribution is -2.32. The summed E-state index contributed by atoms with van der Waals surface area (Å²) in [6.45, 7) is 14.0. The van der Waals surface area contributed by atoms with Crippen molar-refractivity contribution in [2.24, 2.45) is 0 Å². The molecule has 1 atom stereocenters. The highest BCUT2D eigenvalue weighted by Gasteiger charge is 2.24. The van der Waals surface area contributed by atoms with Crippen LogP contribution < -0.4 is 10.1 Å². The Morgan fingerprint density at radius 2 is 2.00 bits per heavy atom. The lowest BCUT2D eigenvalue weighted by Gasteiger charge is -2.26. The summed E-state index contributed by atoms with van der Waals surface area (Å²) in [5.41, 5.74) is 0.887. The van der Waals surface area contributed by atoms with Crippen LogP contribution in [-0.4, -0.2) is 35.6 Å². The van der Waals surface area contributed by atoms with Crippen molar-refractivity contribution in [3.05, 3.63) is 11.9 Å². The van der Waals surface area contributed by atoms with Gasteiger partial charge < -0.3 is 14.8 Å². The van der Waals surface area contributed by atoms with Gasteiger partial charge in [-0.25, -0.2) is 0 Å². The van der Waals surface area contributed by atoms with Gasteiger partial charge in [-0.3, -0.25) is 4.68 Å². The molecule has 5 heteroatoms. The number of nitrogens with one attached hydrogen (secondary N) is 1. The number of methoxy groups -OCH3 is 1. The Labute approximate surface area is 122 Å². The second-order valence-electron chi connectivity index (χ2n) is 6.17. The van der Waals surface area contributed by atoms with E-state index in [9.17, 15) is 0 Å². The number of aromatic nitrogens is 2. The molecule has 0 aliphatic carbocycles. The number of likely N-dealkylation sites (N-methyl/N-ethyl adjacent to an activating group) is 1. The summed E-state index contributed by atoms with van der Waals surface area (Å²) in [6.07, 6.45) is 1.77. The maximum atomic E-state index is 5.94. The van der Waals surface area contributed by atoms with Gasteiger partial charge in [0, 0.05) is 6.04 Å². The maximum absolute atomic E-state index is 5.94. The van der Waals surface area contributed by atoms with Crippen LogP contribution in [0.1, 0.15) is 59.3 Å². The van der Waals surface area contributed by atoms with Crippen LogP contribution in [0.25, 0.3) is 0 Å². The summed E-state index contributed by atoms with van der Waals surface area (Å²) in [5, 5.41) is 7.89. The smallest absolute Gasteiger partial charge is 0.161 e. The molecule has 1 heterocycles. The number of ether oxygens (including phenoxy) is 2. The van der Waals surface area contributed by atoms with E-state index in [-0.39, 0.29) is 17.7 Å². The fourth-order valence-corrected chi connectivity index (χ4v) is 2.07. The van der Waals surface area contributed by atoms with Crippen LogP contribution >= 0.6 is 0 Å². The Balaban J connectivity index is 3.03. The van der Waals surface area contributed by atoms with E-state index in [1.54, 1.807) is 13.3 Å². The first-order chi connectivity index (χ1) is 9.30. The molecule has 5 nitrogen and oxygen atoms in total. The van der Waals surface area contributed by atoms with Gasteiger partial charge in [0.25, 0.3) is 0 Å². The molecule has 0 bridgehead atoms. The lowest BCUT2D eigenvalue weighted by molar-refractivity contribution is -0.0160. The Morgan fingerprint density at radius 1 is 1.35 bits per heavy atom. The molecule has 0 saturated carbocycles. The predicted molar refractivity (Wildman–Crippen MR) is 81.3 cm³/mol. The molecule has 1 rings (SSSR count). The van der Waals surface area contributed by atoms with Crippen molar-refractivity contribution >= 4 is 0 Å². The molecule has 1 aromatic heterocycles. The summed E-state index contributed by atoms with van der Waals surface area (Å²) in [5.74, 6) is 0.808. The fraction of sp³-hybridized carbons (Fsp3) is 0.800. The van der Waals surface area contributed by atoms with Crippen molar-refractivity contribution in [2.45, 2.75) is 59.2 Å². The summed E-state index contributed by atoms with van der Waals surface area (Å²) < 4.78 is 13.4. The molecule has 0 radical (unpaired) electrons. The van der Waals surface area contributed by atoms with Gasteiger partial charge in [-0.15, -0.1) is 0 Å². The Kier molecular flexibility index (Phi) is 6.02. The monoisotopic (exact) mass is 283 g/mol. The largest absolute Gasteiger partial charge is 0.493 e. The molecule has 1 unspecified atom stereocenters. The van der Waals surface area contributed by atoms with E-state index < -0.39 is 0 Å². The Morgan fingerprint density at radius 3 is 2.45 bits per heavy atom. The minimum Gasteiger partial charge on any atom is -0.493 e. The number of hydrogen-bond donors (Lipinski definition) is 1. The van der Waals surface area contributed by atoms with Crippen molar-refractivity contribution < 1.29 is 9.47 Å². The highest BCUT2D eigenvalue weighted by Crippen LogP contribution is 2.28. The van der Waals surface area contributed by atoms with Gasteiger partial charge >= 0.3 is 0 Å². The first-order valence-corrected chi connectivity index (χ1v) is 7.28. The zero-order valence-electron chi connectivity index (χ0n) is 13.9. The molecular formula is C15H29N3O2. The van der Waals surface area contributed by atoms with Crippen LogP contribution in [0, 0.1) is 0 Å². The van der Waals surface area contributed by atoms with Gasteiger partial charge in [0.2, 0.25) is 0 Å². The molecule has 0 aliphatic heterocycles. The topological polar surface area (TPSA) is 48.3 Å². The van der Waals surface area contributed by atoms with Gasteiger partial charge in [0.15, 0.2) is 5.75 Å². The van der Waals surface area contributed by atoms with Crippen molar-refractivity contribution in [1.82, 2.24) is 15.1 Å². The minimum atomic E-state index is -0.163. The molecule has 116 valence electrons. The molecule has 0 amide bonds. The molecule has 1 N–H and O–H groups in total. The van der Waals surface area contributed by atoms with Crippen molar-refractivity contribution in [2.75, 3.05) is 20.3 Å². The third-order valence-electron chi connectivity index (χ3n) is 2.97. The van der Waals surface area contributed by atoms with E-state index in [0.29, 0.717) is 6.61 Å². The standard InChI is InChI=1S/C15H29N3O2/c1-8-16-12(10-20-15(4,5)6)14-13(19-7)9-17-18(14)11(2)3/h9,11-12,16H,8,10H2,1-7H3. The second-order valence-corrected chi connectivity index (χ2v) is 6.17. The van der Waals surface area contributed by atoms with Crippen molar-refractivity contribution in [1.29, 1.82) is 0 Å². The quantitative estimate of drug-likeness (QED) is 0.836. The van der Waals surface area contributed by atoms with Crippen LogP contribution in [0.5, 0.6) is 5.75 Å². The van der Waals surface area contributed by atoms with Crippen LogP contribution in [0.2, 0.25) is 0 Å². The normalized spacial score (nSPS) is 13.8. The zero-order valence-corrected chi connectivity index (χ0v) is 13.9. The van der Waals surface area contributed by atoms with Crippen molar-refractivity contribution in [3.63, 3.8) is 0 Å². The van der Waals surface area contributed by atoms with Crippen LogP contribution in [0.3, 0.4) is 0 Å². The van der Waals surface area contributed by atoms with Gasteiger partial charge in [-0.05, 0) is 41.2 Å². The van der Waals surface area contributed by atoms with Gasteiger partial charge in [0.1, 0.15) is 0 Å². The van der Waals surface area contributed by atoms with Crippen LogP contribution in [0.15, 0.2) is 6.20 Å². The van der Waals surface area contributed by atoms with Crippen molar-refractivity contribution in [3.8, 4) is 5.75 Å². The predicted octanol–water partition coefficient (Wildman–Crippen LogP) is 2.94. The molecule has 20 heavy (non-hydrogen) atoms. The molecule has 0 saturated heterocycles. The average Bonchev–Trinajstić information content (AvgIpc) is 2.77. The highest BCUT2D eigenvalue weighted by atomic mass is 16.5. The molecular weight excluding hydrogens is 254 g/mol. The highest BCUT2D eigenvalue weighted by molar-refractivity contribution is 5.29. The fourth-order valence-electron chi connectivity index (χ4n) is 2.07. The molecule has 0 spiro atoms. The third-order valence-corrected chi connectivity index (χ3v) is 2.97. The van der Waals surface area contributed by atoms with E-state index in [1.807, 2.05) is 4.68 Å². The SMILES string of the molecule is CCNC(COC(C)(C)C)c1c(OC)cnn1C(C)C. The summed E-state index contributed by atoms with van der Waals surface area (Å²) in [4.78, 5) is 0. The maximum Gasteiger partial charge on any atom is 0.161 e. The molecule has 0 aromatic carbocycles. The number of hydrogen-bond acceptors (Lipinski definition) is 4. The summed E-state index contributed by atoms with van der Waals surface area (Å²) in [7, 11) is 1.68. The van der Waals surface area contributed by atoms with E-state index in [2.05, 4.69) is 52.0 Å². The first kappa shape index (κ1) is 17.0. The lowest BCUT2D eigenvalue weighted by atomic mass is 10.1.